The number of carbonyl (C=O) groups excluding carboxylic acids is 2. The van der Waals surface area contributed by atoms with Gasteiger partial charge >= 0.3 is 0 Å². The first-order valence-electron chi connectivity index (χ1n) is 9.51. The predicted molar refractivity (Wildman–Crippen MR) is 96.8 cm³/mol. The first kappa shape index (κ1) is 17.9. The second kappa shape index (κ2) is 7.98. The summed E-state index contributed by atoms with van der Waals surface area (Å²) >= 11 is 0. The maximum atomic E-state index is 12.9. The molecule has 2 amide bonds. The third kappa shape index (κ3) is 4.39. The number of hydrogen-bond donors (Lipinski definition) is 0. The molecule has 5 heteroatoms. The van der Waals surface area contributed by atoms with Crippen molar-refractivity contribution in [3.63, 3.8) is 0 Å². The van der Waals surface area contributed by atoms with Gasteiger partial charge in [-0.05, 0) is 57.1 Å². The van der Waals surface area contributed by atoms with Crippen LogP contribution in [0.3, 0.4) is 0 Å². The molecule has 2 fully saturated rings. The molecule has 0 saturated carbocycles. The molecular formula is C20H29N3O2. The molecule has 1 atom stereocenters. The van der Waals surface area contributed by atoms with Crippen molar-refractivity contribution in [2.75, 3.05) is 19.6 Å². The Kier molecular flexibility index (Phi) is 5.71. The molecule has 2 aliphatic heterocycles. The monoisotopic (exact) mass is 343 g/mol. The summed E-state index contributed by atoms with van der Waals surface area (Å²) in [4.78, 5) is 32.9. The van der Waals surface area contributed by atoms with Crippen molar-refractivity contribution in [3.8, 4) is 0 Å². The fraction of sp³-hybridized carbons (Fsp3) is 0.650. The van der Waals surface area contributed by atoms with E-state index >= 15 is 0 Å². The van der Waals surface area contributed by atoms with Gasteiger partial charge in [-0.3, -0.25) is 14.6 Å². The van der Waals surface area contributed by atoms with Gasteiger partial charge in [-0.15, -0.1) is 0 Å². The number of carbonyl (C=O) groups is 2. The van der Waals surface area contributed by atoms with Gasteiger partial charge in [0.05, 0.1) is 5.92 Å². The summed E-state index contributed by atoms with van der Waals surface area (Å²) in [7, 11) is 0. The van der Waals surface area contributed by atoms with Crippen LogP contribution in [0.1, 0.15) is 45.1 Å². The van der Waals surface area contributed by atoms with Gasteiger partial charge in [0.1, 0.15) is 0 Å². The van der Waals surface area contributed by atoms with Gasteiger partial charge in [0, 0.05) is 44.5 Å². The fourth-order valence-corrected chi connectivity index (χ4v) is 4.04. The molecule has 136 valence electrons. The van der Waals surface area contributed by atoms with Crippen LogP contribution >= 0.6 is 0 Å². The zero-order chi connectivity index (χ0) is 17.8. The number of hydrogen-bond acceptors (Lipinski definition) is 3. The van der Waals surface area contributed by atoms with Crippen LogP contribution < -0.4 is 0 Å². The van der Waals surface area contributed by atoms with Crippen molar-refractivity contribution in [1.82, 2.24) is 14.8 Å². The number of nitrogens with zero attached hydrogens (tertiary/aromatic N) is 3. The summed E-state index contributed by atoms with van der Waals surface area (Å²) in [5.74, 6) is 1.05. The predicted octanol–water partition coefficient (Wildman–Crippen LogP) is 2.51. The van der Waals surface area contributed by atoms with Crippen molar-refractivity contribution in [2.24, 2.45) is 11.8 Å². The average molecular weight is 343 g/mol. The largest absolute Gasteiger partial charge is 0.342 e. The minimum Gasteiger partial charge on any atom is -0.342 e. The van der Waals surface area contributed by atoms with E-state index in [0.29, 0.717) is 25.3 Å². The van der Waals surface area contributed by atoms with E-state index in [4.69, 9.17) is 0 Å². The van der Waals surface area contributed by atoms with Gasteiger partial charge in [-0.2, -0.15) is 0 Å². The lowest BCUT2D eigenvalue weighted by Gasteiger charge is -2.39. The van der Waals surface area contributed by atoms with Crippen molar-refractivity contribution in [2.45, 2.75) is 52.0 Å². The molecular weight excluding hydrogens is 314 g/mol. The Balaban J connectivity index is 1.50. The second-order valence-corrected chi connectivity index (χ2v) is 7.71. The zero-order valence-corrected chi connectivity index (χ0v) is 15.4. The molecule has 25 heavy (non-hydrogen) atoms. The van der Waals surface area contributed by atoms with E-state index < -0.39 is 0 Å². The molecule has 0 spiro atoms. The van der Waals surface area contributed by atoms with Gasteiger partial charge < -0.3 is 9.80 Å². The normalized spacial score (nSPS) is 22.5. The van der Waals surface area contributed by atoms with Crippen LogP contribution in [0, 0.1) is 11.8 Å². The van der Waals surface area contributed by atoms with E-state index in [1.54, 1.807) is 6.20 Å². The molecule has 1 aromatic rings. The van der Waals surface area contributed by atoms with Gasteiger partial charge in [0.2, 0.25) is 11.8 Å². The van der Waals surface area contributed by atoms with Gasteiger partial charge in [-0.1, -0.05) is 6.07 Å². The molecule has 0 aromatic carbocycles. The van der Waals surface area contributed by atoms with Crippen LogP contribution in [-0.4, -0.2) is 52.3 Å². The molecule has 2 saturated heterocycles. The van der Waals surface area contributed by atoms with E-state index in [0.717, 1.165) is 32.4 Å². The highest BCUT2D eigenvalue weighted by Gasteiger charge is 2.34. The number of amides is 2. The first-order valence-corrected chi connectivity index (χ1v) is 9.51. The minimum absolute atomic E-state index is 0.0185. The van der Waals surface area contributed by atoms with E-state index in [1.165, 1.54) is 5.56 Å². The van der Waals surface area contributed by atoms with Crippen molar-refractivity contribution >= 4 is 11.8 Å². The molecule has 1 aromatic heterocycles. The SMILES string of the molecule is CC(C)N1CC(C(=O)N2CCC(Cc3cccnc3)CC2)CCC1=O. The Morgan fingerprint density at radius 1 is 1.28 bits per heavy atom. The van der Waals surface area contributed by atoms with E-state index in [2.05, 4.69) is 11.1 Å². The Labute approximate surface area is 150 Å². The highest BCUT2D eigenvalue weighted by atomic mass is 16.2. The van der Waals surface area contributed by atoms with Crippen molar-refractivity contribution in [3.05, 3.63) is 30.1 Å². The molecule has 1 unspecified atom stereocenters. The number of aromatic nitrogens is 1. The first-order chi connectivity index (χ1) is 12.0. The van der Waals surface area contributed by atoms with Crippen LogP contribution in [0.15, 0.2) is 24.5 Å². The number of likely N-dealkylation sites (tertiary alicyclic amines) is 2. The topological polar surface area (TPSA) is 53.5 Å². The molecule has 0 aliphatic carbocycles. The zero-order valence-electron chi connectivity index (χ0n) is 15.4. The Hall–Kier alpha value is -1.91. The molecule has 0 N–H and O–H groups in total. The van der Waals surface area contributed by atoms with Crippen LogP contribution in [0.2, 0.25) is 0 Å². The summed E-state index contributed by atoms with van der Waals surface area (Å²) in [5, 5.41) is 0. The van der Waals surface area contributed by atoms with Gasteiger partial charge in [0.25, 0.3) is 0 Å². The molecule has 0 bridgehead atoms. The lowest BCUT2D eigenvalue weighted by atomic mass is 9.89. The van der Waals surface area contributed by atoms with Crippen LogP contribution in [0.5, 0.6) is 0 Å². The molecule has 0 radical (unpaired) electrons. The third-order valence-corrected chi connectivity index (χ3v) is 5.59. The quantitative estimate of drug-likeness (QED) is 0.844. The fourth-order valence-electron chi connectivity index (χ4n) is 4.04. The Morgan fingerprint density at radius 3 is 2.68 bits per heavy atom. The maximum Gasteiger partial charge on any atom is 0.227 e. The molecule has 2 aliphatic rings. The maximum absolute atomic E-state index is 12.9. The van der Waals surface area contributed by atoms with Gasteiger partial charge in [-0.25, -0.2) is 0 Å². The lowest BCUT2D eigenvalue weighted by molar-refractivity contribution is -0.145. The van der Waals surface area contributed by atoms with Crippen LogP contribution in [0.4, 0.5) is 0 Å². The molecule has 5 nitrogen and oxygen atoms in total. The summed E-state index contributed by atoms with van der Waals surface area (Å²) in [6, 6.07) is 4.29. The Morgan fingerprint density at radius 2 is 2.04 bits per heavy atom. The standard InChI is InChI=1S/C20H29N3O2/c1-15(2)23-14-18(5-6-19(23)24)20(25)22-10-7-16(8-11-22)12-17-4-3-9-21-13-17/h3-4,9,13,15-16,18H,5-8,10-12,14H2,1-2H3. The lowest BCUT2D eigenvalue weighted by Crippen LogP contribution is -2.50. The number of pyridine rings is 1. The average Bonchev–Trinajstić information content (AvgIpc) is 2.63. The molecule has 3 heterocycles. The summed E-state index contributed by atoms with van der Waals surface area (Å²) < 4.78 is 0. The number of piperidine rings is 2. The van der Waals surface area contributed by atoms with Crippen molar-refractivity contribution < 1.29 is 9.59 Å². The molecule has 3 rings (SSSR count). The highest BCUT2D eigenvalue weighted by Crippen LogP contribution is 2.26. The van der Waals surface area contributed by atoms with Crippen molar-refractivity contribution in [1.29, 1.82) is 0 Å². The third-order valence-electron chi connectivity index (χ3n) is 5.59. The van der Waals surface area contributed by atoms with Crippen LogP contribution in [-0.2, 0) is 16.0 Å². The summed E-state index contributed by atoms with van der Waals surface area (Å²) in [6.07, 6.45) is 8.12. The minimum atomic E-state index is -0.0185. The van der Waals surface area contributed by atoms with E-state index in [9.17, 15) is 9.59 Å². The smallest absolute Gasteiger partial charge is 0.227 e. The van der Waals surface area contributed by atoms with Crippen LogP contribution in [0.25, 0.3) is 0 Å². The highest BCUT2D eigenvalue weighted by molar-refractivity contribution is 5.84. The Bertz CT molecular complexity index is 594. The summed E-state index contributed by atoms with van der Waals surface area (Å²) in [5.41, 5.74) is 1.28. The van der Waals surface area contributed by atoms with E-state index in [-0.39, 0.29) is 23.8 Å². The summed E-state index contributed by atoms with van der Waals surface area (Å²) in [6.45, 7) is 6.32. The van der Waals surface area contributed by atoms with E-state index in [1.807, 2.05) is 35.9 Å². The number of rotatable bonds is 4. The van der Waals surface area contributed by atoms with Gasteiger partial charge in [0.15, 0.2) is 0 Å². The second-order valence-electron chi connectivity index (χ2n) is 7.71.